The molecule has 0 aliphatic carbocycles. The van der Waals surface area contributed by atoms with E-state index in [-0.39, 0.29) is 5.69 Å². The average Bonchev–Trinajstić information content (AvgIpc) is 2.67. The molecule has 0 spiro atoms. The number of hydrogen-bond donors (Lipinski definition) is 1. The minimum atomic E-state index is -1.01. The van der Waals surface area contributed by atoms with E-state index in [9.17, 15) is 4.79 Å². The largest absolute Gasteiger partial charge is 0.476 e. The van der Waals surface area contributed by atoms with E-state index in [0.29, 0.717) is 17.8 Å². The van der Waals surface area contributed by atoms with Gasteiger partial charge in [0, 0.05) is 6.42 Å². The number of carboxylic acids is 1. The van der Waals surface area contributed by atoms with E-state index in [4.69, 9.17) is 5.11 Å². The third-order valence-electron chi connectivity index (χ3n) is 2.64. The van der Waals surface area contributed by atoms with E-state index in [1.54, 1.807) is 10.6 Å². The molecule has 0 atom stereocenters. The number of aromatic nitrogens is 3. The Morgan fingerprint density at radius 1 is 1.41 bits per heavy atom. The lowest BCUT2D eigenvalue weighted by atomic mass is 10.2. The maximum absolute atomic E-state index is 11.1. The van der Waals surface area contributed by atoms with Crippen molar-refractivity contribution in [3.8, 4) is 0 Å². The monoisotopic (exact) mass is 233 g/mol. The van der Waals surface area contributed by atoms with Crippen molar-refractivity contribution in [3.05, 3.63) is 29.3 Å². The van der Waals surface area contributed by atoms with Crippen molar-refractivity contribution in [2.75, 3.05) is 0 Å². The molecule has 0 amide bonds. The summed E-state index contributed by atoms with van der Waals surface area (Å²) in [7, 11) is 0. The highest BCUT2D eigenvalue weighted by Crippen LogP contribution is 2.14. The highest BCUT2D eigenvalue weighted by atomic mass is 16.4. The molecule has 5 heteroatoms. The van der Waals surface area contributed by atoms with Crippen molar-refractivity contribution in [1.29, 1.82) is 0 Å². The van der Waals surface area contributed by atoms with Gasteiger partial charge in [0.2, 0.25) is 0 Å². The van der Waals surface area contributed by atoms with Gasteiger partial charge in [0.1, 0.15) is 5.82 Å². The molecule has 0 fully saturated rings. The van der Waals surface area contributed by atoms with Gasteiger partial charge in [-0.25, -0.2) is 14.3 Å². The molecule has 90 valence electrons. The SMILES string of the molecule is CCCc1ccc2c(C(=O)O)nc(CC)n2n1. The zero-order chi connectivity index (χ0) is 12.4. The molecule has 0 aliphatic heterocycles. The topological polar surface area (TPSA) is 67.5 Å². The van der Waals surface area contributed by atoms with Crippen molar-refractivity contribution in [1.82, 2.24) is 14.6 Å². The minimum Gasteiger partial charge on any atom is -0.476 e. The van der Waals surface area contributed by atoms with Crippen LogP contribution < -0.4 is 0 Å². The summed E-state index contributed by atoms with van der Waals surface area (Å²) in [6.45, 7) is 4.03. The van der Waals surface area contributed by atoms with E-state index in [0.717, 1.165) is 18.5 Å². The molecule has 0 aliphatic rings. The van der Waals surface area contributed by atoms with Gasteiger partial charge >= 0.3 is 5.97 Å². The van der Waals surface area contributed by atoms with Gasteiger partial charge in [-0.05, 0) is 18.6 Å². The molecule has 0 bridgehead atoms. The maximum Gasteiger partial charge on any atom is 0.356 e. The van der Waals surface area contributed by atoms with E-state index in [1.165, 1.54) is 0 Å². The Morgan fingerprint density at radius 3 is 2.76 bits per heavy atom. The van der Waals surface area contributed by atoms with Gasteiger partial charge in [0.15, 0.2) is 5.69 Å². The summed E-state index contributed by atoms with van der Waals surface area (Å²) in [6.07, 6.45) is 2.57. The second-order valence-corrected chi connectivity index (χ2v) is 3.91. The molecule has 0 radical (unpaired) electrons. The summed E-state index contributed by atoms with van der Waals surface area (Å²) in [5, 5.41) is 13.5. The zero-order valence-corrected chi connectivity index (χ0v) is 9.97. The summed E-state index contributed by atoms with van der Waals surface area (Å²) in [6, 6.07) is 3.65. The van der Waals surface area contributed by atoms with E-state index in [2.05, 4.69) is 17.0 Å². The maximum atomic E-state index is 11.1. The van der Waals surface area contributed by atoms with Crippen molar-refractivity contribution in [3.63, 3.8) is 0 Å². The van der Waals surface area contributed by atoms with Gasteiger partial charge < -0.3 is 5.11 Å². The Bertz CT molecular complexity index is 560. The molecule has 0 saturated heterocycles. The van der Waals surface area contributed by atoms with E-state index >= 15 is 0 Å². The molecule has 17 heavy (non-hydrogen) atoms. The van der Waals surface area contributed by atoms with Crippen LogP contribution in [0.5, 0.6) is 0 Å². The minimum absolute atomic E-state index is 0.0809. The Hall–Kier alpha value is -1.91. The number of carbonyl (C=O) groups is 1. The van der Waals surface area contributed by atoms with Crippen LogP contribution in [0.1, 0.15) is 42.3 Å². The van der Waals surface area contributed by atoms with Crippen LogP contribution >= 0.6 is 0 Å². The molecule has 2 heterocycles. The lowest BCUT2D eigenvalue weighted by Gasteiger charge is -2.01. The van der Waals surface area contributed by atoms with Gasteiger partial charge in [-0.15, -0.1) is 0 Å². The fourth-order valence-corrected chi connectivity index (χ4v) is 1.85. The Labute approximate surface area is 99.1 Å². The number of imidazole rings is 1. The second-order valence-electron chi connectivity index (χ2n) is 3.91. The summed E-state index contributed by atoms with van der Waals surface area (Å²) in [5.74, 6) is -0.317. The predicted molar refractivity (Wildman–Crippen MR) is 63.3 cm³/mol. The number of hydrogen-bond acceptors (Lipinski definition) is 3. The van der Waals surface area contributed by atoms with Crippen LogP contribution in [0.2, 0.25) is 0 Å². The molecule has 0 saturated carbocycles. The van der Waals surface area contributed by atoms with Crippen molar-refractivity contribution < 1.29 is 9.90 Å². The molecule has 2 rings (SSSR count). The Balaban J connectivity index is 2.63. The first-order valence-corrected chi connectivity index (χ1v) is 5.78. The number of aryl methyl sites for hydroxylation is 2. The van der Waals surface area contributed by atoms with Crippen LogP contribution in [-0.2, 0) is 12.8 Å². The van der Waals surface area contributed by atoms with Crippen molar-refractivity contribution >= 4 is 11.5 Å². The van der Waals surface area contributed by atoms with Crippen molar-refractivity contribution in [2.45, 2.75) is 33.1 Å². The molecule has 2 aromatic rings. The van der Waals surface area contributed by atoms with Gasteiger partial charge in [-0.1, -0.05) is 20.3 Å². The molecule has 5 nitrogen and oxygen atoms in total. The summed E-state index contributed by atoms with van der Waals surface area (Å²) in [4.78, 5) is 15.2. The number of aromatic carboxylic acids is 1. The van der Waals surface area contributed by atoms with Gasteiger partial charge in [-0.2, -0.15) is 5.10 Å². The van der Waals surface area contributed by atoms with Crippen molar-refractivity contribution in [2.24, 2.45) is 0 Å². The first-order chi connectivity index (χ1) is 8.17. The smallest absolute Gasteiger partial charge is 0.356 e. The van der Waals surface area contributed by atoms with Gasteiger partial charge in [0.05, 0.1) is 11.2 Å². The number of fused-ring (bicyclic) bond motifs is 1. The second kappa shape index (κ2) is 4.53. The number of nitrogens with zero attached hydrogens (tertiary/aromatic N) is 3. The van der Waals surface area contributed by atoms with Crippen LogP contribution in [0, 0.1) is 0 Å². The third-order valence-corrected chi connectivity index (χ3v) is 2.64. The quantitative estimate of drug-likeness (QED) is 0.876. The highest BCUT2D eigenvalue weighted by molar-refractivity contribution is 5.93. The van der Waals surface area contributed by atoms with Crippen LogP contribution in [0.3, 0.4) is 0 Å². The fraction of sp³-hybridized carbons (Fsp3) is 0.417. The molecule has 2 aromatic heterocycles. The van der Waals surface area contributed by atoms with Crippen LogP contribution in [0.25, 0.3) is 5.52 Å². The molecule has 0 unspecified atom stereocenters. The normalized spacial score (nSPS) is 10.9. The van der Waals surface area contributed by atoms with Crippen LogP contribution in [0.4, 0.5) is 0 Å². The average molecular weight is 233 g/mol. The van der Waals surface area contributed by atoms with E-state index < -0.39 is 5.97 Å². The first-order valence-electron chi connectivity index (χ1n) is 5.78. The van der Waals surface area contributed by atoms with Crippen LogP contribution in [0.15, 0.2) is 12.1 Å². The van der Waals surface area contributed by atoms with Gasteiger partial charge in [0.25, 0.3) is 0 Å². The third kappa shape index (κ3) is 2.00. The Morgan fingerprint density at radius 2 is 2.18 bits per heavy atom. The standard InChI is InChI=1S/C12H15N3O2/c1-3-5-8-6-7-9-11(12(16)17)13-10(4-2)15(9)14-8/h6-7H,3-5H2,1-2H3,(H,16,17). The molecular formula is C12H15N3O2. The first kappa shape index (κ1) is 11.6. The molecular weight excluding hydrogens is 218 g/mol. The van der Waals surface area contributed by atoms with Crippen LogP contribution in [-0.4, -0.2) is 25.7 Å². The highest BCUT2D eigenvalue weighted by Gasteiger charge is 2.16. The fourth-order valence-electron chi connectivity index (χ4n) is 1.85. The number of rotatable bonds is 4. The summed E-state index contributed by atoms with van der Waals surface area (Å²) < 4.78 is 1.65. The summed E-state index contributed by atoms with van der Waals surface area (Å²) >= 11 is 0. The lowest BCUT2D eigenvalue weighted by molar-refractivity contribution is 0.0693. The summed E-state index contributed by atoms with van der Waals surface area (Å²) in [5.41, 5.74) is 1.61. The molecule has 0 aromatic carbocycles. The lowest BCUT2D eigenvalue weighted by Crippen LogP contribution is -2.01. The Kier molecular flexibility index (Phi) is 3.08. The predicted octanol–water partition coefficient (Wildman–Crippen LogP) is 1.94. The van der Waals surface area contributed by atoms with E-state index in [1.807, 2.05) is 13.0 Å². The zero-order valence-electron chi connectivity index (χ0n) is 9.97. The number of carboxylic acid groups (broad SMARTS) is 1. The van der Waals surface area contributed by atoms with Gasteiger partial charge in [-0.3, -0.25) is 0 Å². The molecule has 1 N–H and O–H groups in total.